The standard InChI is InChI=1S/C14H17F3N2O2/c1-18-12-10(5-2-6-11(12)14(15,16)17)13(21)19-7-3-4-9(19)8-20/h2,5-6,9,18,20H,3-4,7-8H2,1H3. The molecular formula is C14H17F3N2O2. The number of halogens is 3. The molecule has 1 heterocycles. The van der Waals surface area contributed by atoms with Crippen molar-refractivity contribution in [2.45, 2.75) is 25.1 Å². The van der Waals surface area contributed by atoms with E-state index >= 15 is 0 Å². The van der Waals surface area contributed by atoms with E-state index in [0.717, 1.165) is 12.5 Å². The minimum absolute atomic E-state index is 0.0207. The zero-order valence-corrected chi connectivity index (χ0v) is 11.6. The van der Waals surface area contributed by atoms with Crippen molar-refractivity contribution in [3.05, 3.63) is 29.3 Å². The molecule has 1 aromatic rings. The Hall–Kier alpha value is -1.76. The van der Waals surface area contributed by atoms with E-state index in [1.54, 1.807) is 0 Å². The van der Waals surface area contributed by atoms with Gasteiger partial charge in [-0.1, -0.05) is 6.07 Å². The largest absolute Gasteiger partial charge is 0.418 e. The maximum Gasteiger partial charge on any atom is 0.418 e. The van der Waals surface area contributed by atoms with Gasteiger partial charge in [-0.15, -0.1) is 0 Å². The van der Waals surface area contributed by atoms with Crippen molar-refractivity contribution >= 4 is 11.6 Å². The highest BCUT2D eigenvalue weighted by Crippen LogP contribution is 2.37. The van der Waals surface area contributed by atoms with E-state index in [-0.39, 0.29) is 23.9 Å². The van der Waals surface area contributed by atoms with E-state index in [9.17, 15) is 23.1 Å². The Morgan fingerprint density at radius 1 is 1.48 bits per heavy atom. The number of para-hydroxylation sites is 1. The molecule has 7 heteroatoms. The summed E-state index contributed by atoms with van der Waals surface area (Å²) in [6, 6.07) is 3.21. The van der Waals surface area contributed by atoms with E-state index in [2.05, 4.69) is 5.32 Å². The van der Waals surface area contributed by atoms with Gasteiger partial charge in [-0.2, -0.15) is 13.2 Å². The lowest BCUT2D eigenvalue weighted by Crippen LogP contribution is -2.38. The minimum Gasteiger partial charge on any atom is -0.394 e. The van der Waals surface area contributed by atoms with E-state index in [1.165, 1.54) is 24.1 Å². The molecule has 21 heavy (non-hydrogen) atoms. The highest BCUT2D eigenvalue weighted by molar-refractivity contribution is 6.00. The van der Waals surface area contributed by atoms with Crippen LogP contribution in [-0.4, -0.2) is 42.2 Å². The van der Waals surface area contributed by atoms with Crippen molar-refractivity contribution in [2.75, 3.05) is 25.5 Å². The first-order chi connectivity index (χ1) is 9.90. The van der Waals surface area contributed by atoms with Gasteiger partial charge in [-0.3, -0.25) is 4.79 Å². The molecule has 1 aliphatic rings. The van der Waals surface area contributed by atoms with Crippen molar-refractivity contribution in [1.82, 2.24) is 4.90 Å². The van der Waals surface area contributed by atoms with Crippen molar-refractivity contribution in [1.29, 1.82) is 0 Å². The number of nitrogens with one attached hydrogen (secondary N) is 1. The third-order valence-corrected chi connectivity index (χ3v) is 3.70. The number of amides is 1. The Bertz CT molecular complexity index is 531. The molecule has 1 aromatic carbocycles. The summed E-state index contributed by atoms with van der Waals surface area (Å²) in [4.78, 5) is 13.9. The van der Waals surface area contributed by atoms with E-state index in [4.69, 9.17) is 0 Å². The molecule has 1 amide bonds. The number of hydrogen-bond donors (Lipinski definition) is 2. The van der Waals surface area contributed by atoms with E-state index < -0.39 is 17.6 Å². The first-order valence-electron chi connectivity index (χ1n) is 6.70. The molecule has 2 rings (SSSR count). The van der Waals surface area contributed by atoms with Crippen molar-refractivity contribution < 1.29 is 23.1 Å². The molecule has 0 spiro atoms. The number of carbonyl (C=O) groups is 1. The number of likely N-dealkylation sites (tertiary alicyclic amines) is 1. The number of alkyl halides is 3. The Kier molecular flexibility index (Phi) is 4.41. The zero-order valence-electron chi connectivity index (χ0n) is 11.6. The molecule has 2 N–H and O–H groups in total. The van der Waals surface area contributed by atoms with Crippen LogP contribution in [0.25, 0.3) is 0 Å². The monoisotopic (exact) mass is 302 g/mol. The smallest absolute Gasteiger partial charge is 0.394 e. The number of nitrogens with zero attached hydrogens (tertiary/aromatic N) is 1. The molecule has 116 valence electrons. The number of carbonyl (C=O) groups excluding carboxylic acids is 1. The quantitative estimate of drug-likeness (QED) is 0.901. The van der Waals surface area contributed by atoms with Gasteiger partial charge in [0, 0.05) is 13.6 Å². The SMILES string of the molecule is CNc1c(C(=O)N2CCCC2CO)cccc1C(F)(F)F. The first-order valence-corrected chi connectivity index (χ1v) is 6.70. The minimum atomic E-state index is -4.53. The van der Waals surface area contributed by atoms with E-state index in [0.29, 0.717) is 13.0 Å². The number of aliphatic hydroxyl groups excluding tert-OH is 1. The van der Waals surface area contributed by atoms with Gasteiger partial charge in [0.15, 0.2) is 0 Å². The molecule has 0 bridgehead atoms. The molecule has 1 saturated heterocycles. The molecule has 0 saturated carbocycles. The highest BCUT2D eigenvalue weighted by Gasteiger charge is 2.36. The zero-order chi connectivity index (χ0) is 15.6. The number of benzene rings is 1. The molecule has 1 unspecified atom stereocenters. The Balaban J connectivity index is 2.42. The fourth-order valence-electron chi connectivity index (χ4n) is 2.68. The lowest BCUT2D eigenvalue weighted by molar-refractivity contribution is -0.136. The molecule has 0 aliphatic carbocycles. The van der Waals surface area contributed by atoms with Gasteiger partial charge in [0.05, 0.1) is 29.5 Å². The van der Waals surface area contributed by atoms with Crippen molar-refractivity contribution in [3.63, 3.8) is 0 Å². The van der Waals surface area contributed by atoms with Gasteiger partial charge >= 0.3 is 6.18 Å². The van der Waals surface area contributed by atoms with Crippen LogP contribution in [0.4, 0.5) is 18.9 Å². The molecule has 1 atom stereocenters. The predicted octanol–water partition coefficient (Wildman–Crippen LogP) is 2.34. The van der Waals surface area contributed by atoms with Crippen LogP contribution in [0, 0.1) is 0 Å². The third kappa shape index (κ3) is 2.97. The molecule has 0 aromatic heterocycles. The fourth-order valence-corrected chi connectivity index (χ4v) is 2.68. The van der Waals surface area contributed by atoms with Gasteiger partial charge in [-0.05, 0) is 25.0 Å². The van der Waals surface area contributed by atoms with E-state index in [1.807, 2.05) is 0 Å². The summed E-state index contributed by atoms with van der Waals surface area (Å²) in [5.41, 5.74) is -1.11. The van der Waals surface area contributed by atoms with Crippen LogP contribution in [0.15, 0.2) is 18.2 Å². The first kappa shape index (κ1) is 15.6. The number of rotatable bonds is 3. The van der Waals surface area contributed by atoms with Crippen LogP contribution < -0.4 is 5.32 Å². The topological polar surface area (TPSA) is 52.6 Å². The van der Waals surface area contributed by atoms with Crippen LogP contribution in [0.1, 0.15) is 28.8 Å². The number of anilines is 1. The molecule has 0 radical (unpaired) electrons. The molecule has 1 fully saturated rings. The maximum atomic E-state index is 13.0. The highest BCUT2D eigenvalue weighted by atomic mass is 19.4. The van der Waals surface area contributed by atoms with Gasteiger partial charge in [0.2, 0.25) is 0 Å². The van der Waals surface area contributed by atoms with Crippen LogP contribution in [-0.2, 0) is 6.18 Å². The van der Waals surface area contributed by atoms with Crippen LogP contribution >= 0.6 is 0 Å². The van der Waals surface area contributed by atoms with Gasteiger partial charge in [-0.25, -0.2) is 0 Å². The summed E-state index contributed by atoms with van der Waals surface area (Å²) in [5.74, 6) is -0.484. The van der Waals surface area contributed by atoms with Crippen LogP contribution in [0.2, 0.25) is 0 Å². The van der Waals surface area contributed by atoms with Crippen LogP contribution in [0.3, 0.4) is 0 Å². The second-order valence-electron chi connectivity index (χ2n) is 4.95. The molecular weight excluding hydrogens is 285 g/mol. The van der Waals surface area contributed by atoms with Gasteiger partial charge < -0.3 is 15.3 Å². The summed E-state index contributed by atoms with van der Waals surface area (Å²) >= 11 is 0. The average Bonchev–Trinajstić information content (AvgIpc) is 2.93. The lowest BCUT2D eigenvalue weighted by Gasteiger charge is -2.25. The number of aliphatic hydroxyl groups is 1. The lowest BCUT2D eigenvalue weighted by atomic mass is 10.0. The molecule has 4 nitrogen and oxygen atoms in total. The summed E-state index contributed by atoms with van der Waals surface area (Å²) in [7, 11) is 1.36. The van der Waals surface area contributed by atoms with Gasteiger partial charge in [0.1, 0.15) is 0 Å². The predicted molar refractivity (Wildman–Crippen MR) is 72.1 cm³/mol. The van der Waals surface area contributed by atoms with Crippen molar-refractivity contribution in [3.8, 4) is 0 Å². The number of hydrogen-bond acceptors (Lipinski definition) is 3. The molecule has 1 aliphatic heterocycles. The van der Waals surface area contributed by atoms with Gasteiger partial charge in [0.25, 0.3) is 5.91 Å². The normalized spacial score (nSPS) is 18.9. The second-order valence-corrected chi connectivity index (χ2v) is 4.95. The second kappa shape index (κ2) is 5.93. The Morgan fingerprint density at radius 3 is 2.76 bits per heavy atom. The maximum absolute atomic E-state index is 13.0. The fraction of sp³-hybridized carbons (Fsp3) is 0.500. The van der Waals surface area contributed by atoms with Crippen molar-refractivity contribution in [2.24, 2.45) is 0 Å². The summed E-state index contributed by atoms with van der Waals surface area (Å²) in [6.45, 7) is 0.267. The Labute approximate surface area is 120 Å². The summed E-state index contributed by atoms with van der Waals surface area (Å²) < 4.78 is 39.0. The van der Waals surface area contributed by atoms with Crippen LogP contribution in [0.5, 0.6) is 0 Å². The average molecular weight is 302 g/mol. The summed E-state index contributed by atoms with van der Waals surface area (Å²) in [5, 5.41) is 11.7. The third-order valence-electron chi connectivity index (χ3n) is 3.70. The Morgan fingerprint density at radius 2 is 2.19 bits per heavy atom. The summed E-state index contributed by atoms with van der Waals surface area (Å²) in [6.07, 6.45) is -3.13.